The molecule has 388 valence electrons. The topological polar surface area (TPSA) is 155 Å². The third kappa shape index (κ3) is 37.9. The fourth-order valence-corrected chi connectivity index (χ4v) is 8.02. The lowest BCUT2D eigenvalue weighted by Gasteiger charge is -2.22. The first kappa shape index (κ1) is 62.7. The summed E-state index contributed by atoms with van der Waals surface area (Å²) in [5.74, 6) is 0. The van der Waals surface area contributed by atoms with Gasteiger partial charge in [0.1, 0.15) is 6.69 Å². The molecule has 4 aromatic carbocycles. The van der Waals surface area contributed by atoms with Gasteiger partial charge in [-0.05, 0) is 36.1 Å². The molecule has 0 aliphatic heterocycles. The third-order valence-corrected chi connectivity index (χ3v) is 12.1. The van der Waals surface area contributed by atoms with E-state index in [0.29, 0.717) is 85.9 Å². The molecule has 0 saturated heterocycles. The van der Waals surface area contributed by atoms with Gasteiger partial charge in [0.2, 0.25) is 0 Å². The van der Waals surface area contributed by atoms with Crippen molar-refractivity contribution in [2.24, 2.45) is 0 Å². The van der Waals surface area contributed by atoms with Gasteiger partial charge in [0.05, 0.1) is 105 Å². The molecule has 14 nitrogen and oxygen atoms in total. The molecule has 18 heteroatoms. The highest BCUT2D eigenvalue weighted by atomic mass is 79.9. The van der Waals surface area contributed by atoms with Gasteiger partial charge in [-0.15, -0.1) is 15.3 Å². The third-order valence-electron chi connectivity index (χ3n) is 9.28. The molecule has 0 fully saturated rings. The van der Waals surface area contributed by atoms with Crippen LogP contribution < -0.4 is 0 Å². The molecule has 0 aliphatic carbocycles. The molecule has 0 radical (unpaired) electrons. The van der Waals surface area contributed by atoms with E-state index in [1.165, 1.54) is 22.3 Å². The molecule has 0 bridgehead atoms. The maximum absolute atomic E-state index is 12.3. The van der Waals surface area contributed by atoms with Crippen molar-refractivity contribution in [2.75, 3.05) is 118 Å². The summed E-state index contributed by atoms with van der Waals surface area (Å²) in [6.07, 6.45) is -0.0151. The van der Waals surface area contributed by atoms with E-state index in [9.17, 15) is 9.13 Å². The van der Waals surface area contributed by atoms with Crippen molar-refractivity contribution >= 4 is 37.2 Å². The molecule has 4 aromatic rings. The number of hydrogen-bond acceptors (Lipinski definition) is 12. The molecule has 0 aromatic heterocycles. The second kappa shape index (κ2) is 39.1. The Hall–Kier alpha value is -2.44. The largest absolute Gasteiger partial charge is 0.378 e. The van der Waals surface area contributed by atoms with E-state index >= 15 is 0 Å². The molecule has 0 amide bonds. The Morgan fingerprint density at radius 3 is 0.942 bits per heavy atom. The summed E-state index contributed by atoms with van der Waals surface area (Å²) in [6, 6.07) is 41.8. The summed E-state index contributed by atoms with van der Waals surface area (Å²) in [7, 11) is -7.02. The van der Waals surface area contributed by atoms with Gasteiger partial charge in [-0.3, -0.25) is 18.9 Å². The first-order valence-corrected chi connectivity index (χ1v) is 33.1. The van der Waals surface area contributed by atoms with E-state index in [1.807, 2.05) is 24.3 Å². The zero-order valence-corrected chi connectivity index (χ0v) is 46.1. The highest BCUT2D eigenvalue weighted by Gasteiger charge is 2.23. The Bertz CT molecular complexity index is 1790. The maximum atomic E-state index is 12.3. The van der Waals surface area contributed by atoms with Gasteiger partial charge in [-0.1, -0.05) is 141 Å². The molecular weight excluding hydrogens is 1000 g/mol. The van der Waals surface area contributed by atoms with E-state index < -0.39 is 21.9 Å². The fourth-order valence-electron chi connectivity index (χ4n) is 6.19. The van der Waals surface area contributed by atoms with Gasteiger partial charge in [-0.2, -0.15) is 0 Å². The summed E-state index contributed by atoms with van der Waals surface area (Å²) >= 11 is 3.51. The van der Waals surface area contributed by atoms with E-state index in [4.69, 9.17) is 47.3 Å². The lowest BCUT2D eigenvalue weighted by atomic mass is 10.1. The number of benzene rings is 4. The molecule has 0 unspecified atom stereocenters. The van der Waals surface area contributed by atoms with Crippen LogP contribution in [-0.2, 0) is 72.8 Å². The average molecular weight is 1080 g/mol. The van der Waals surface area contributed by atoms with Gasteiger partial charge in [0.15, 0.2) is 0 Å². The lowest BCUT2D eigenvalue weighted by Crippen LogP contribution is -2.27. The monoisotopic (exact) mass is 1080 g/mol. The Kier molecular flexibility index (Phi) is 35.5. The van der Waals surface area contributed by atoms with Crippen molar-refractivity contribution in [3.05, 3.63) is 144 Å². The van der Waals surface area contributed by atoms with Crippen LogP contribution in [0.15, 0.2) is 121 Å². The molecule has 0 saturated carbocycles. The Morgan fingerprint density at radius 2 is 0.681 bits per heavy atom. The Balaban J connectivity index is 0.000000433. The predicted molar refractivity (Wildman–Crippen MR) is 284 cm³/mol. The molecule has 0 atom stereocenters. The summed E-state index contributed by atoms with van der Waals surface area (Å²) in [4.78, 5) is 22.2. The second-order valence-corrected chi connectivity index (χ2v) is 31.9. The van der Waals surface area contributed by atoms with Gasteiger partial charge < -0.3 is 47.3 Å². The number of hydrogen-bond donors (Lipinski definition) is 2. The van der Waals surface area contributed by atoms with Crippen molar-refractivity contribution in [3.8, 4) is 0 Å². The van der Waals surface area contributed by atoms with E-state index in [1.54, 1.807) is 13.8 Å². The van der Waals surface area contributed by atoms with Crippen LogP contribution in [0.25, 0.3) is 0 Å². The van der Waals surface area contributed by atoms with Gasteiger partial charge in [0, 0.05) is 39.3 Å². The highest BCUT2D eigenvalue weighted by molar-refractivity contribution is 9.26. The van der Waals surface area contributed by atoms with Crippen molar-refractivity contribution in [1.29, 1.82) is 0 Å². The van der Waals surface area contributed by atoms with E-state index in [-0.39, 0.29) is 18.9 Å². The molecule has 69 heavy (non-hydrogen) atoms. The van der Waals surface area contributed by atoms with Gasteiger partial charge in [-0.25, -0.2) is 0 Å². The quantitative estimate of drug-likeness (QED) is 0.0192. The minimum Gasteiger partial charge on any atom is -0.378 e. The minimum atomic E-state index is -3.98. The smallest absolute Gasteiger partial charge is 0.332 e. The van der Waals surface area contributed by atoms with Gasteiger partial charge in [0.25, 0.3) is 0 Å². The Labute approximate surface area is 422 Å². The van der Waals surface area contributed by atoms with Crippen LogP contribution >= 0.6 is 30.5 Å². The standard InChI is InChI=1S/C26H40NO6P.C22H32NO6P.C3H9BrSi/c1-3-32-34(28,33-4-2)22-21-31-20-19-30-18-17-29-16-15-27(23-25-11-7-5-8-12-25)24-26-13-9-6-10-14-26;24-30(25,26)18-17-29-16-15-28-14-13-27-12-11-23(19-21-7-3-1-4-8-21)20-22-9-5-2-6-10-22;1-5(2,3)4/h5-14H,3-4,15-24H2,1-2H3;1-10H,11-20H2,(H2,24,25,26);1-3H3. The molecule has 2 N–H and O–H groups in total. The van der Waals surface area contributed by atoms with Crippen LogP contribution in [0.5, 0.6) is 0 Å². The van der Waals surface area contributed by atoms with Crippen molar-refractivity contribution in [3.63, 3.8) is 0 Å². The summed E-state index contributed by atoms with van der Waals surface area (Å²) in [5, 5.41) is 0. The highest BCUT2D eigenvalue weighted by Crippen LogP contribution is 2.47. The lowest BCUT2D eigenvalue weighted by molar-refractivity contribution is 0.0116. The average Bonchev–Trinajstić information content (AvgIpc) is 3.31. The number of nitrogens with zero attached hydrogens (tertiary/aromatic N) is 2. The van der Waals surface area contributed by atoms with E-state index in [2.05, 4.69) is 142 Å². The second-order valence-electron chi connectivity index (χ2n) is 16.7. The minimum absolute atomic E-state index is 0.0306. The van der Waals surface area contributed by atoms with Crippen LogP contribution in [0.4, 0.5) is 0 Å². The first-order valence-electron chi connectivity index (χ1n) is 23.9. The van der Waals surface area contributed by atoms with Crippen LogP contribution in [0, 0.1) is 0 Å². The molecule has 4 rings (SSSR count). The Morgan fingerprint density at radius 1 is 0.435 bits per heavy atom. The van der Waals surface area contributed by atoms with Crippen molar-refractivity contribution in [1.82, 2.24) is 9.80 Å². The van der Waals surface area contributed by atoms with Crippen molar-refractivity contribution in [2.45, 2.75) is 59.7 Å². The first-order chi connectivity index (χ1) is 33.2. The molecular formula is C51H81BrN2O12P2Si. The normalized spacial score (nSPS) is 11.9. The SMILES string of the molecule is CCOP(=O)(CCOCCOCCOCCN(Cc1ccccc1)Cc1ccccc1)OCC.C[Si](C)(C)Br.O=P(O)(O)CCOCCOCCOCCN(Cc1ccccc1)Cc1ccccc1. The van der Waals surface area contributed by atoms with Crippen LogP contribution in [0.3, 0.4) is 0 Å². The fraction of sp³-hybridized carbons (Fsp3) is 0.529. The number of rotatable bonds is 36. The molecule has 0 heterocycles. The van der Waals surface area contributed by atoms with Crippen molar-refractivity contribution < 1.29 is 56.4 Å². The summed E-state index contributed by atoms with van der Waals surface area (Å²) in [5.41, 5.74) is 5.13. The number of ether oxygens (including phenoxy) is 6. The van der Waals surface area contributed by atoms with Crippen LogP contribution in [0.2, 0.25) is 19.6 Å². The zero-order valence-electron chi connectivity index (χ0n) is 41.7. The van der Waals surface area contributed by atoms with Gasteiger partial charge >= 0.3 is 15.2 Å². The maximum Gasteiger partial charge on any atom is 0.332 e. The predicted octanol–water partition coefficient (Wildman–Crippen LogP) is 10.1. The van der Waals surface area contributed by atoms with Crippen LogP contribution in [-0.4, -0.2) is 144 Å². The van der Waals surface area contributed by atoms with E-state index in [0.717, 1.165) is 39.3 Å². The summed E-state index contributed by atoms with van der Waals surface area (Å²) < 4.78 is 66.6. The summed E-state index contributed by atoms with van der Waals surface area (Å²) in [6.45, 7) is 20.6. The molecule has 0 aliphatic rings. The number of halogens is 1. The molecule has 0 spiro atoms. The van der Waals surface area contributed by atoms with Crippen LogP contribution in [0.1, 0.15) is 36.1 Å². The zero-order chi connectivity index (χ0) is 50.3.